The van der Waals surface area contributed by atoms with E-state index in [1.165, 1.54) is 0 Å². The van der Waals surface area contributed by atoms with Crippen molar-refractivity contribution in [3.8, 4) is 5.75 Å². The molecule has 0 fully saturated rings. The minimum Gasteiger partial charge on any atom is -0.508 e. The molecule has 2 rings (SSSR count). The molecule has 4 nitrogen and oxygen atoms in total. The first-order valence-corrected chi connectivity index (χ1v) is 6.03. The predicted octanol–water partition coefficient (Wildman–Crippen LogP) is 2.03. The van der Waals surface area contributed by atoms with Crippen LogP contribution in [0.15, 0.2) is 48.5 Å². The van der Waals surface area contributed by atoms with Crippen LogP contribution in [0.3, 0.4) is 0 Å². The summed E-state index contributed by atoms with van der Waals surface area (Å²) in [5.74, 6) is -0.115. The third-order valence-corrected chi connectivity index (χ3v) is 2.78. The van der Waals surface area contributed by atoms with E-state index in [-0.39, 0.29) is 18.1 Å². The van der Waals surface area contributed by atoms with Crippen molar-refractivity contribution in [1.82, 2.24) is 0 Å². The van der Waals surface area contributed by atoms with Crippen LogP contribution in [0.25, 0.3) is 0 Å². The van der Waals surface area contributed by atoms with Gasteiger partial charge in [-0.05, 0) is 29.3 Å². The van der Waals surface area contributed by atoms with Gasteiger partial charge in [-0.15, -0.1) is 0 Å². The Balaban J connectivity index is 2.09. The summed E-state index contributed by atoms with van der Waals surface area (Å²) in [6.07, 6.45) is 0.212. The summed E-state index contributed by atoms with van der Waals surface area (Å²) in [4.78, 5) is 11.0. The average Bonchev–Trinajstić information content (AvgIpc) is 2.37. The molecule has 0 heterocycles. The molecular weight excluding hydrogens is 240 g/mol. The van der Waals surface area contributed by atoms with Crippen LogP contribution in [-0.2, 0) is 17.8 Å². The fourth-order valence-electron chi connectivity index (χ4n) is 1.90. The molecule has 4 heteroatoms. The van der Waals surface area contributed by atoms with Crippen molar-refractivity contribution in [3.63, 3.8) is 0 Å². The van der Waals surface area contributed by atoms with Gasteiger partial charge in [0.2, 0.25) is 5.91 Å². The Morgan fingerprint density at radius 1 is 1.16 bits per heavy atom. The Kier molecular flexibility index (Phi) is 4.03. The van der Waals surface area contributed by atoms with Crippen molar-refractivity contribution in [2.75, 3.05) is 5.32 Å². The highest BCUT2D eigenvalue weighted by atomic mass is 16.3. The Labute approximate surface area is 111 Å². The second kappa shape index (κ2) is 5.91. The van der Waals surface area contributed by atoms with E-state index < -0.39 is 0 Å². The SMILES string of the molecule is NC(=O)Cc1ccccc1NCc1cccc(O)c1. The molecule has 0 bridgehead atoms. The fourth-order valence-corrected chi connectivity index (χ4v) is 1.90. The smallest absolute Gasteiger partial charge is 0.221 e. The van der Waals surface area contributed by atoms with Crippen molar-refractivity contribution in [1.29, 1.82) is 0 Å². The zero-order chi connectivity index (χ0) is 13.7. The number of phenols is 1. The molecule has 1 amide bonds. The third kappa shape index (κ3) is 3.74. The standard InChI is InChI=1S/C15H16N2O2/c16-15(19)9-12-5-1-2-7-14(12)17-10-11-4-3-6-13(18)8-11/h1-8,17-18H,9-10H2,(H2,16,19). The van der Waals surface area contributed by atoms with Crippen LogP contribution in [0, 0.1) is 0 Å². The number of hydrogen-bond donors (Lipinski definition) is 3. The maximum absolute atomic E-state index is 11.0. The molecule has 0 radical (unpaired) electrons. The molecular formula is C15H16N2O2. The van der Waals surface area contributed by atoms with Gasteiger partial charge >= 0.3 is 0 Å². The molecule has 0 saturated heterocycles. The van der Waals surface area contributed by atoms with E-state index in [9.17, 15) is 9.90 Å². The highest BCUT2D eigenvalue weighted by Gasteiger charge is 2.04. The van der Waals surface area contributed by atoms with Crippen molar-refractivity contribution in [2.45, 2.75) is 13.0 Å². The summed E-state index contributed by atoms with van der Waals surface area (Å²) in [7, 11) is 0. The molecule has 0 aliphatic rings. The molecule has 0 atom stereocenters. The maximum Gasteiger partial charge on any atom is 0.221 e. The van der Waals surface area contributed by atoms with E-state index in [4.69, 9.17) is 5.73 Å². The van der Waals surface area contributed by atoms with Crippen LogP contribution in [0.2, 0.25) is 0 Å². The molecule has 98 valence electrons. The number of nitrogens with one attached hydrogen (secondary N) is 1. The summed E-state index contributed by atoms with van der Waals surface area (Å²) in [6.45, 7) is 0.574. The van der Waals surface area contributed by atoms with E-state index in [1.54, 1.807) is 18.2 Å². The van der Waals surface area contributed by atoms with Gasteiger partial charge in [0.05, 0.1) is 6.42 Å². The lowest BCUT2D eigenvalue weighted by Gasteiger charge is -2.11. The lowest BCUT2D eigenvalue weighted by Crippen LogP contribution is -2.15. The minimum atomic E-state index is -0.355. The first-order chi connectivity index (χ1) is 9.15. The number of nitrogens with two attached hydrogens (primary N) is 1. The summed E-state index contributed by atoms with van der Waals surface area (Å²) in [5, 5.41) is 12.6. The number of rotatable bonds is 5. The van der Waals surface area contributed by atoms with E-state index in [2.05, 4.69) is 5.32 Å². The molecule has 0 aliphatic carbocycles. The first-order valence-electron chi connectivity index (χ1n) is 6.03. The lowest BCUT2D eigenvalue weighted by molar-refractivity contribution is -0.117. The molecule has 0 aliphatic heterocycles. The van der Waals surface area contributed by atoms with Crippen LogP contribution in [0.5, 0.6) is 5.75 Å². The molecule has 0 saturated carbocycles. The summed E-state index contributed by atoms with van der Waals surface area (Å²) in [5.41, 5.74) is 7.94. The van der Waals surface area contributed by atoms with E-state index in [0.29, 0.717) is 6.54 Å². The third-order valence-electron chi connectivity index (χ3n) is 2.78. The van der Waals surface area contributed by atoms with E-state index in [0.717, 1.165) is 16.8 Å². The van der Waals surface area contributed by atoms with Crippen LogP contribution < -0.4 is 11.1 Å². The Bertz CT molecular complexity index is 582. The largest absolute Gasteiger partial charge is 0.508 e. The Hall–Kier alpha value is -2.49. The average molecular weight is 256 g/mol. The number of phenolic OH excluding ortho intramolecular Hbond substituents is 1. The number of anilines is 1. The van der Waals surface area contributed by atoms with Crippen LogP contribution in [-0.4, -0.2) is 11.0 Å². The number of primary amides is 1. The Morgan fingerprint density at radius 2 is 1.95 bits per heavy atom. The van der Waals surface area contributed by atoms with Gasteiger partial charge in [-0.3, -0.25) is 4.79 Å². The van der Waals surface area contributed by atoms with Gasteiger partial charge in [0, 0.05) is 12.2 Å². The summed E-state index contributed by atoms with van der Waals surface area (Å²) >= 11 is 0. The highest BCUT2D eigenvalue weighted by Crippen LogP contribution is 2.18. The molecule has 0 unspecified atom stereocenters. The van der Waals surface area contributed by atoms with Crippen molar-refractivity contribution in [2.24, 2.45) is 5.73 Å². The van der Waals surface area contributed by atoms with Gasteiger partial charge in [-0.25, -0.2) is 0 Å². The number of carbonyl (C=O) groups excluding carboxylic acids is 1. The number of aromatic hydroxyl groups is 1. The highest BCUT2D eigenvalue weighted by molar-refractivity contribution is 5.78. The zero-order valence-corrected chi connectivity index (χ0v) is 10.5. The van der Waals surface area contributed by atoms with Gasteiger partial charge in [-0.2, -0.15) is 0 Å². The van der Waals surface area contributed by atoms with Crippen molar-refractivity contribution in [3.05, 3.63) is 59.7 Å². The van der Waals surface area contributed by atoms with Crippen molar-refractivity contribution >= 4 is 11.6 Å². The normalized spacial score (nSPS) is 10.1. The van der Waals surface area contributed by atoms with Gasteiger partial charge in [-0.1, -0.05) is 30.3 Å². The number of para-hydroxylation sites is 1. The van der Waals surface area contributed by atoms with Crippen LogP contribution in [0.4, 0.5) is 5.69 Å². The summed E-state index contributed by atoms with van der Waals surface area (Å²) in [6, 6.07) is 14.6. The maximum atomic E-state index is 11.0. The van der Waals surface area contributed by atoms with E-state index in [1.807, 2.05) is 30.3 Å². The van der Waals surface area contributed by atoms with Gasteiger partial charge in [0.15, 0.2) is 0 Å². The summed E-state index contributed by atoms with van der Waals surface area (Å²) < 4.78 is 0. The fraction of sp³-hybridized carbons (Fsp3) is 0.133. The van der Waals surface area contributed by atoms with E-state index >= 15 is 0 Å². The van der Waals surface area contributed by atoms with Crippen molar-refractivity contribution < 1.29 is 9.90 Å². The topological polar surface area (TPSA) is 75.4 Å². The first kappa shape index (κ1) is 13.0. The van der Waals surface area contributed by atoms with Crippen LogP contribution in [0.1, 0.15) is 11.1 Å². The number of amides is 1. The number of hydrogen-bond acceptors (Lipinski definition) is 3. The van der Waals surface area contributed by atoms with Crippen LogP contribution >= 0.6 is 0 Å². The molecule has 19 heavy (non-hydrogen) atoms. The second-order valence-corrected chi connectivity index (χ2v) is 4.32. The monoisotopic (exact) mass is 256 g/mol. The number of carbonyl (C=O) groups is 1. The lowest BCUT2D eigenvalue weighted by atomic mass is 10.1. The van der Waals surface area contributed by atoms with Gasteiger partial charge in [0.25, 0.3) is 0 Å². The molecule has 0 aromatic heterocycles. The number of benzene rings is 2. The van der Waals surface area contributed by atoms with Gasteiger partial charge < -0.3 is 16.2 Å². The predicted molar refractivity (Wildman–Crippen MR) is 74.8 cm³/mol. The molecule has 2 aromatic rings. The zero-order valence-electron chi connectivity index (χ0n) is 10.5. The van der Waals surface area contributed by atoms with Gasteiger partial charge in [0.1, 0.15) is 5.75 Å². The minimum absolute atomic E-state index is 0.212. The second-order valence-electron chi connectivity index (χ2n) is 4.32. The quantitative estimate of drug-likeness (QED) is 0.766. The molecule has 4 N–H and O–H groups in total. The molecule has 0 spiro atoms. The molecule has 2 aromatic carbocycles. The Morgan fingerprint density at radius 3 is 2.68 bits per heavy atom.